The second kappa shape index (κ2) is 8.29. The maximum absolute atomic E-state index is 12.7. The molecule has 0 saturated heterocycles. The number of rotatable bonds is 5. The molecule has 0 spiro atoms. The third-order valence-electron chi connectivity index (χ3n) is 4.56. The molecule has 0 aliphatic heterocycles. The Hall–Kier alpha value is -3.44. The van der Waals surface area contributed by atoms with E-state index in [-0.39, 0.29) is 5.91 Å². The highest BCUT2D eigenvalue weighted by Crippen LogP contribution is 2.39. The van der Waals surface area contributed by atoms with Crippen LogP contribution in [0.5, 0.6) is 5.75 Å². The summed E-state index contributed by atoms with van der Waals surface area (Å²) in [5.41, 5.74) is 4.72. The first-order valence-electron chi connectivity index (χ1n) is 9.23. The van der Waals surface area contributed by atoms with Gasteiger partial charge in [-0.3, -0.25) is 10.1 Å². The number of ether oxygens (including phenoxy) is 1. The lowest BCUT2D eigenvalue weighted by atomic mass is 10.1. The number of aromatic nitrogens is 1. The molecule has 0 aliphatic carbocycles. The zero-order chi connectivity index (χ0) is 20.2. The lowest BCUT2D eigenvalue weighted by Gasteiger charge is -2.03. The number of amides is 1. The Morgan fingerprint density at radius 2 is 1.59 bits per heavy atom. The highest BCUT2D eigenvalue weighted by Gasteiger charge is 2.17. The molecule has 0 radical (unpaired) electrons. The SMILES string of the molecule is COc1ccc(C(=O)Nc2nc(-c3ccccc3)c(-c3ccc(C)cc3)s2)cc1. The second-order valence-electron chi connectivity index (χ2n) is 6.61. The van der Waals surface area contributed by atoms with E-state index in [0.29, 0.717) is 16.4 Å². The number of methoxy groups -OCH3 is 1. The van der Waals surface area contributed by atoms with Gasteiger partial charge >= 0.3 is 0 Å². The third-order valence-corrected chi connectivity index (χ3v) is 5.58. The molecule has 29 heavy (non-hydrogen) atoms. The normalized spacial score (nSPS) is 10.6. The van der Waals surface area contributed by atoms with Crippen molar-refractivity contribution in [3.63, 3.8) is 0 Å². The van der Waals surface area contributed by atoms with Crippen molar-refractivity contribution in [2.75, 3.05) is 12.4 Å². The molecule has 1 N–H and O–H groups in total. The monoisotopic (exact) mass is 400 g/mol. The van der Waals surface area contributed by atoms with Crippen molar-refractivity contribution in [1.29, 1.82) is 0 Å². The molecular weight excluding hydrogens is 380 g/mol. The van der Waals surface area contributed by atoms with Gasteiger partial charge < -0.3 is 4.74 Å². The second-order valence-corrected chi connectivity index (χ2v) is 7.61. The van der Waals surface area contributed by atoms with Gasteiger partial charge in [0.2, 0.25) is 0 Å². The summed E-state index contributed by atoms with van der Waals surface area (Å²) < 4.78 is 5.15. The van der Waals surface area contributed by atoms with Gasteiger partial charge in [0.15, 0.2) is 5.13 Å². The van der Waals surface area contributed by atoms with Gasteiger partial charge in [0.05, 0.1) is 17.7 Å². The van der Waals surface area contributed by atoms with Crippen LogP contribution in [0.1, 0.15) is 15.9 Å². The predicted molar refractivity (Wildman–Crippen MR) is 119 cm³/mol. The number of hydrogen-bond acceptors (Lipinski definition) is 4. The number of nitrogens with one attached hydrogen (secondary N) is 1. The van der Waals surface area contributed by atoms with E-state index in [1.807, 2.05) is 30.3 Å². The molecule has 144 valence electrons. The Balaban J connectivity index is 1.68. The number of benzene rings is 3. The van der Waals surface area contributed by atoms with Crippen LogP contribution >= 0.6 is 11.3 Å². The Morgan fingerprint density at radius 1 is 0.897 bits per heavy atom. The molecule has 5 heteroatoms. The van der Waals surface area contributed by atoms with Gasteiger partial charge in [-0.1, -0.05) is 71.5 Å². The molecule has 4 aromatic rings. The molecule has 0 saturated carbocycles. The van der Waals surface area contributed by atoms with E-state index < -0.39 is 0 Å². The minimum atomic E-state index is -0.198. The van der Waals surface area contributed by atoms with Gasteiger partial charge in [-0.25, -0.2) is 4.98 Å². The number of aryl methyl sites for hydroxylation is 1. The van der Waals surface area contributed by atoms with Gasteiger partial charge in [-0.2, -0.15) is 0 Å². The fourth-order valence-electron chi connectivity index (χ4n) is 2.98. The van der Waals surface area contributed by atoms with Crippen LogP contribution < -0.4 is 10.1 Å². The number of nitrogens with zero attached hydrogens (tertiary/aromatic N) is 1. The van der Waals surface area contributed by atoms with Crippen molar-refractivity contribution in [3.8, 4) is 27.4 Å². The standard InChI is InChI=1S/C24H20N2O2S/c1-16-8-10-18(11-9-16)22-21(17-6-4-3-5-7-17)25-24(29-22)26-23(27)19-12-14-20(28-2)15-13-19/h3-15H,1-2H3,(H,25,26,27). The first-order valence-corrected chi connectivity index (χ1v) is 10.0. The van der Waals surface area contributed by atoms with E-state index in [4.69, 9.17) is 9.72 Å². The highest BCUT2D eigenvalue weighted by atomic mass is 32.1. The molecule has 0 bridgehead atoms. The van der Waals surface area contributed by atoms with Crippen molar-refractivity contribution in [3.05, 3.63) is 90.0 Å². The average Bonchev–Trinajstić information content (AvgIpc) is 3.18. The van der Waals surface area contributed by atoms with Crippen molar-refractivity contribution < 1.29 is 9.53 Å². The molecule has 0 fully saturated rings. The molecule has 0 unspecified atom stereocenters. The number of hydrogen-bond donors (Lipinski definition) is 1. The van der Waals surface area contributed by atoms with Crippen molar-refractivity contribution in [2.24, 2.45) is 0 Å². The van der Waals surface area contributed by atoms with Gasteiger partial charge in [-0.15, -0.1) is 0 Å². The van der Waals surface area contributed by atoms with E-state index >= 15 is 0 Å². The first kappa shape index (κ1) is 18.9. The summed E-state index contributed by atoms with van der Waals surface area (Å²) in [6.07, 6.45) is 0. The van der Waals surface area contributed by atoms with Crippen LogP contribution in [0.3, 0.4) is 0 Å². The van der Waals surface area contributed by atoms with E-state index in [2.05, 4.69) is 36.5 Å². The largest absolute Gasteiger partial charge is 0.497 e. The van der Waals surface area contributed by atoms with Crippen LogP contribution in [0.15, 0.2) is 78.9 Å². The lowest BCUT2D eigenvalue weighted by Crippen LogP contribution is -2.11. The fourth-order valence-corrected chi connectivity index (χ4v) is 3.97. The van der Waals surface area contributed by atoms with Crippen molar-refractivity contribution in [1.82, 2.24) is 4.98 Å². The quantitative estimate of drug-likeness (QED) is 0.444. The summed E-state index contributed by atoms with van der Waals surface area (Å²) in [7, 11) is 1.60. The topological polar surface area (TPSA) is 51.2 Å². The van der Waals surface area contributed by atoms with Crippen LogP contribution in [-0.2, 0) is 0 Å². The number of anilines is 1. The van der Waals surface area contributed by atoms with E-state index in [1.165, 1.54) is 16.9 Å². The minimum absolute atomic E-state index is 0.198. The van der Waals surface area contributed by atoms with Crippen LogP contribution in [0.4, 0.5) is 5.13 Å². The molecule has 1 amide bonds. The summed E-state index contributed by atoms with van der Waals surface area (Å²) in [6, 6.07) is 25.4. The molecule has 1 aromatic heterocycles. The Labute approximate surface area is 173 Å². The number of carbonyl (C=O) groups is 1. The molecule has 0 atom stereocenters. The first-order chi connectivity index (χ1) is 14.1. The summed E-state index contributed by atoms with van der Waals surface area (Å²) in [4.78, 5) is 18.4. The van der Waals surface area contributed by atoms with Gasteiger partial charge in [0.25, 0.3) is 5.91 Å². The Kier molecular flexibility index (Phi) is 5.40. The Morgan fingerprint density at radius 3 is 2.24 bits per heavy atom. The van der Waals surface area contributed by atoms with Crippen LogP contribution in [0.2, 0.25) is 0 Å². The van der Waals surface area contributed by atoms with Gasteiger partial charge in [-0.05, 0) is 36.8 Å². The van der Waals surface area contributed by atoms with Crippen molar-refractivity contribution in [2.45, 2.75) is 6.92 Å². The molecule has 0 aliphatic rings. The third kappa shape index (κ3) is 4.20. The summed E-state index contributed by atoms with van der Waals surface area (Å²) >= 11 is 1.48. The molecule has 4 rings (SSSR count). The maximum atomic E-state index is 12.7. The molecule has 3 aromatic carbocycles. The van der Waals surface area contributed by atoms with Crippen LogP contribution in [0, 0.1) is 6.92 Å². The van der Waals surface area contributed by atoms with E-state index in [0.717, 1.165) is 21.7 Å². The number of thiazole rings is 1. The van der Waals surface area contributed by atoms with Crippen LogP contribution in [-0.4, -0.2) is 18.0 Å². The van der Waals surface area contributed by atoms with Gasteiger partial charge in [0.1, 0.15) is 5.75 Å². The summed E-state index contributed by atoms with van der Waals surface area (Å²) in [5.74, 6) is 0.514. The smallest absolute Gasteiger partial charge is 0.257 e. The maximum Gasteiger partial charge on any atom is 0.257 e. The lowest BCUT2D eigenvalue weighted by molar-refractivity contribution is 0.102. The zero-order valence-electron chi connectivity index (χ0n) is 16.2. The van der Waals surface area contributed by atoms with Gasteiger partial charge in [0, 0.05) is 11.1 Å². The molecule has 1 heterocycles. The average molecular weight is 401 g/mol. The summed E-state index contributed by atoms with van der Waals surface area (Å²) in [5, 5.41) is 3.50. The Bertz CT molecular complexity index is 1120. The zero-order valence-corrected chi connectivity index (χ0v) is 17.0. The summed E-state index contributed by atoms with van der Waals surface area (Å²) in [6.45, 7) is 2.06. The fraction of sp³-hybridized carbons (Fsp3) is 0.0833. The van der Waals surface area contributed by atoms with E-state index in [1.54, 1.807) is 31.4 Å². The molecule has 4 nitrogen and oxygen atoms in total. The minimum Gasteiger partial charge on any atom is -0.497 e. The number of carbonyl (C=O) groups excluding carboxylic acids is 1. The van der Waals surface area contributed by atoms with E-state index in [9.17, 15) is 4.79 Å². The predicted octanol–water partition coefficient (Wildman–Crippen LogP) is 6.05. The highest BCUT2D eigenvalue weighted by molar-refractivity contribution is 7.19. The van der Waals surface area contributed by atoms with Crippen molar-refractivity contribution >= 4 is 22.4 Å². The molecular formula is C24H20N2O2S. The van der Waals surface area contributed by atoms with Crippen LogP contribution in [0.25, 0.3) is 21.7 Å².